The number of anilines is 2. The number of rotatable bonds is 5. The van der Waals surface area contributed by atoms with Crippen LogP contribution in [0.1, 0.15) is 35.7 Å². The number of amides is 1. The van der Waals surface area contributed by atoms with Crippen LogP contribution >= 0.6 is 0 Å². The molecule has 0 bridgehead atoms. The van der Waals surface area contributed by atoms with Gasteiger partial charge in [-0.2, -0.15) is 0 Å². The van der Waals surface area contributed by atoms with Crippen LogP contribution in [-0.2, 0) is 0 Å². The van der Waals surface area contributed by atoms with Crippen molar-refractivity contribution in [2.45, 2.75) is 26.7 Å². The van der Waals surface area contributed by atoms with E-state index in [4.69, 9.17) is 4.42 Å². The average molecular weight is 471 g/mol. The molecule has 0 radical (unpaired) electrons. The molecule has 8 heteroatoms. The first-order valence-electron chi connectivity index (χ1n) is 11.7. The molecule has 0 aliphatic carbocycles. The fraction of sp³-hybridized carbons (Fsp3) is 0.259. The number of aryl methyl sites for hydroxylation is 1. The van der Waals surface area contributed by atoms with E-state index in [-0.39, 0.29) is 11.3 Å². The Morgan fingerprint density at radius 1 is 1.09 bits per heavy atom. The Hall–Kier alpha value is -4.20. The monoisotopic (exact) mass is 470 g/mol. The number of hydrogen-bond donors (Lipinski definition) is 1. The van der Waals surface area contributed by atoms with E-state index in [1.54, 1.807) is 24.3 Å². The molecule has 1 aromatic heterocycles. The smallest absolute Gasteiger partial charge is 0.293 e. The molecule has 0 atom stereocenters. The molecule has 5 rings (SSSR count). The van der Waals surface area contributed by atoms with Crippen molar-refractivity contribution >= 4 is 34.1 Å². The van der Waals surface area contributed by atoms with Gasteiger partial charge < -0.3 is 14.6 Å². The lowest BCUT2D eigenvalue weighted by Crippen LogP contribution is -2.33. The maximum atomic E-state index is 12.8. The average Bonchev–Trinajstić information content (AvgIpc) is 3.28. The van der Waals surface area contributed by atoms with Crippen LogP contribution in [0.4, 0.5) is 17.1 Å². The second-order valence-corrected chi connectivity index (χ2v) is 9.15. The number of piperidine rings is 1. The summed E-state index contributed by atoms with van der Waals surface area (Å²) in [5.41, 5.74) is 4.72. The molecule has 4 aromatic rings. The van der Waals surface area contributed by atoms with Crippen LogP contribution in [0.2, 0.25) is 0 Å². The van der Waals surface area contributed by atoms with E-state index in [9.17, 15) is 14.9 Å². The highest BCUT2D eigenvalue weighted by molar-refractivity contribution is 6.05. The molecular formula is C27H26N4O4. The lowest BCUT2D eigenvalue weighted by atomic mass is 9.98. The first-order valence-corrected chi connectivity index (χ1v) is 11.7. The standard InChI is InChI=1S/C27H26N4O4/c1-17-11-13-30(14-12-17)23-10-6-20(16-24(23)31(33)34)26(32)28-21-7-4-19(5-8-21)27-29-22-9-3-18(2)15-25(22)35-27/h3-10,15-17H,11-14H2,1-2H3,(H,28,32). The van der Waals surface area contributed by atoms with Crippen LogP contribution in [-0.4, -0.2) is 28.9 Å². The van der Waals surface area contributed by atoms with Crippen molar-refractivity contribution in [2.75, 3.05) is 23.3 Å². The number of benzene rings is 3. The number of nitrogens with one attached hydrogen (secondary N) is 1. The van der Waals surface area contributed by atoms with Crippen LogP contribution in [0.25, 0.3) is 22.6 Å². The molecule has 35 heavy (non-hydrogen) atoms. The van der Waals surface area contributed by atoms with Gasteiger partial charge in [-0.15, -0.1) is 0 Å². The molecule has 0 unspecified atom stereocenters. The molecule has 178 valence electrons. The topological polar surface area (TPSA) is 102 Å². The summed E-state index contributed by atoms with van der Waals surface area (Å²) in [6.45, 7) is 5.74. The number of oxazole rings is 1. The molecule has 1 fully saturated rings. The van der Waals surface area contributed by atoms with Gasteiger partial charge in [0.15, 0.2) is 5.58 Å². The minimum atomic E-state index is -0.416. The van der Waals surface area contributed by atoms with Gasteiger partial charge >= 0.3 is 0 Å². The summed E-state index contributed by atoms with van der Waals surface area (Å²) in [6.07, 6.45) is 2.00. The lowest BCUT2D eigenvalue weighted by Gasteiger charge is -2.31. The van der Waals surface area contributed by atoms with Crippen molar-refractivity contribution in [1.82, 2.24) is 4.98 Å². The molecule has 1 aliphatic heterocycles. The molecule has 0 spiro atoms. The van der Waals surface area contributed by atoms with Crippen LogP contribution < -0.4 is 10.2 Å². The van der Waals surface area contributed by atoms with E-state index < -0.39 is 10.8 Å². The molecule has 3 aromatic carbocycles. The summed E-state index contributed by atoms with van der Waals surface area (Å²) < 4.78 is 5.86. The third-order valence-electron chi connectivity index (χ3n) is 6.49. The maximum absolute atomic E-state index is 12.8. The number of nitrogens with zero attached hydrogens (tertiary/aromatic N) is 3. The zero-order valence-electron chi connectivity index (χ0n) is 19.7. The highest BCUT2D eigenvalue weighted by Gasteiger charge is 2.25. The summed E-state index contributed by atoms with van der Waals surface area (Å²) in [6, 6.07) is 17.7. The molecule has 2 heterocycles. The minimum Gasteiger partial charge on any atom is -0.436 e. The third kappa shape index (κ3) is 4.73. The van der Waals surface area contributed by atoms with Gasteiger partial charge in [0.05, 0.1) is 4.92 Å². The van der Waals surface area contributed by atoms with E-state index in [0.29, 0.717) is 23.2 Å². The Morgan fingerprint density at radius 3 is 2.54 bits per heavy atom. The van der Waals surface area contributed by atoms with Crippen molar-refractivity contribution < 1.29 is 14.1 Å². The fourth-order valence-electron chi connectivity index (χ4n) is 4.38. The maximum Gasteiger partial charge on any atom is 0.293 e. The van der Waals surface area contributed by atoms with Crippen molar-refractivity contribution in [2.24, 2.45) is 5.92 Å². The SMILES string of the molecule is Cc1ccc2nc(-c3ccc(NC(=O)c4ccc(N5CCC(C)CC5)c([N+](=O)[O-])c4)cc3)oc2c1. The number of carbonyl (C=O) groups excluding carboxylic acids is 1. The Labute approximate surface area is 202 Å². The van der Waals surface area contributed by atoms with Crippen molar-refractivity contribution in [3.8, 4) is 11.5 Å². The van der Waals surface area contributed by atoms with E-state index in [0.717, 1.165) is 48.2 Å². The van der Waals surface area contributed by atoms with Gasteiger partial charge in [0.25, 0.3) is 11.6 Å². The predicted molar refractivity (Wildman–Crippen MR) is 136 cm³/mol. The number of nitro groups is 1. The lowest BCUT2D eigenvalue weighted by molar-refractivity contribution is -0.384. The normalized spacial score (nSPS) is 14.3. The summed E-state index contributed by atoms with van der Waals surface area (Å²) in [5, 5.41) is 14.6. The molecule has 1 aliphatic rings. The summed E-state index contributed by atoms with van der Waals surface area (Å²) in [5.74, 6) is 0.715. The van der Waals surface area contributed by atoms with Crippen LogP contribution in [0.3, 0.4) is 0 Å². The summed E-state index contributed by atoms with van der Waals surface area (Å²) >= 11 is 0. The van der Waals surface area contributed by atoms with Crippen molar-refractivity contribution in [3.63, 3.8) is 0 Å². The molecule has 1 N–H and O–H groups in total. The zero-order valence-corrected chi connectivity index (χ0v) is 19.7. The van der Waals surface area contributed by atoms with Crippen molar-refractivity contribution in [3.05, 3.63) is 81.9 Å². The Morgan fingerprint density at radius 2 is 1.83 bits per heavy atom. The van der Waals surface area contributed by atoms with Crippen LogP contribution in [0.15, 0.2) is 65.1 Å². The molecular weight excluding hydrogens is 444 g/mol. The molecule has 1 saturated heterocycles. The third-order valence-corrected chi connectivity index (χ3v) is 6.49. The summed E-state index contributed by atoms with van der Waals surface area (Å²) in [4.78, 5) is 30.7. The highest BCUT2D eigenvalue weighted by atomic mass is 16.6. The number of fused-ring (bicyclic) bond motifs is 1. The minimum absolute atomic E-state index is 0.0475. The Bertz CT molecular complexity index is 1400. The van der Waals surface area contributed by atoms with Gasteiger partial charge in [0, 0.05) is 36.0 Å². The highest BCUT2D eigenvalue weighted by Crippen LogP contribution is 2.33. The van der Waals surface area contributed by atoms with Gasteiger partial charge in [-0.1, -0.05) is 13.0 Å². The zero-order chi connectivity index (χ0) is 24.5. The first-order chi connectivity index (χ1) is 16.9. The van der Waals surface area contributed by atoms with Crippen molar-refractivity contribution in [1.29, 1.82) is 0 Å². The second-order valence-electron chi connectivity index (χ2n) is 9.15. The number of aromatic nitrogens is 1. The fourth-order valence-corrected chi connectivity index (χ4v) is 4.38. The summed E-state index contributed by atoms with van der Waals surface area (Å²) in [7, 11) is 0. The predicted octanol–water partition coefficient (Wildman–Crippen LogP) is 6.20. The van der Waals surface area contributed by atoms with E-state index >= 15 is 0 Å². The van der Waals surface area contributed by atoms with E-state index in [1.165, 1.54) is 6.07 Å². The Balaban J connectivity index is 1.32. The molecule has 1 amide bonds. The van der Waals surface area contributed by atoms with E-state index in [2.05, 4.69) is 17.2 Å². The molecule has 0 saturated carbocycles. The van der Waals surface area contributed by atoms with Crippen LogP contribution in [0, 0.1) is 23.0 Å². The van der Waals surface area contributed by atoms with Gasteiger partial charge in [0.2, 0.25) is 5.89 Å². The largest absolute Gasteiger partial charge is 0.436 e. The second kappa shape index (κ2) is 9.21. The quantitative estimate of drug-likeness (QED) is 0.275. The molecule has 8 nitrogen and oxygen atoms in total. The van der Waals surface area contributed by atoms with Gasteiger partial charge in [-0.25, -0.2) is 4.98 Å². The van der Waals surface area contributed by atoms with Gasteiger partial charge in [-0.3, -0.25) is 14.9 Å². The van der Waals surface area contributed by atoms with Gasteiger partial charge in [0.1, 0.15) is 11.2 Å². The number of hydrogen-bond acceptors (Lipinski definition) is 6. The number of nitro benzene ring substituents is 1. The Kier molecular flexibility index (Phi) is 5.94. The van der Waals surface area contributed by atoms with Crippen LogP contribution in [0.5, 0.6) is 0 Å². The number of carbonyl (C=O) groups is 1. The van der Waals surface area contributed by atoms with Gasteiger partial charge in [-0.05, 0) is 79.8 Å². The van der Waals surface area contributed by atoms with E-state index in [1.807, 2.05) is 42.2 Å². The first kappa shape index (κ1) is 22.6.